The van der Waals surface area contributed by atoms with E-state index in [1.807, 2.05) is 22.7 Å². The third-order valence-electron chi connectivity index (χ3n) is 8.49. The van der Waals surface area contributed by atoms with Crippen molar-refractivity contribution in [1.29, 1.82) is 0 Å². The average molecular weight is 573 g/mol. The van der Waals surface area contributed by atoms with Crippen molar-refractivity contribution < 1.29 is 0 Å². The van der Waals surface area contributed by atoms with Crippen molar-refractivity contribution in [3.63, 3.8) is 0 Å². The van der Waals surface area contributed by atoms with Crippen LogP contribution in [0.1, 0.15) is 128 Å². The Morgan fingerprint density at radius 2 is 0.825 bits per heavy atom. The number of unbranched alkanes of at least 4 members (excludes halogenated alkanes) is 14. The lowest BCUT2D eigenvalue weighted by Gasteiger charge is -2.06. The molecule has 0 nitrogen and oxygen atoms in total. The number of hydrogen-bond acceptors (Lipinski definition) is 2. The Morgan fingerprint density at radius 1 is 0.425 bits per heavy atom. The van der Waals surface area contributed by atoms with E-state index in [4.69, 9.17) is 0 Å². The summed E-state index contributed by atoms with van der Waals surface area (Å²) in [5.74, 6) is 0. The molecule has 216 valence electrons. The molecule has 40 heavy (non-hydrogen) atoms. The predicted molar refractivity (Wildman–Crippen MR) is 182 cm³/mol. The van der Waals surface area contributed by atoms with E-state index < -0.39 is 0 Å². The van der Waals surface area contributed by atoms with Gasteiger partial charge in [0.15, 0.2) is 0 Å². The van der Waals surface area contributed by atoms with E-state index in [0.29, 0.717) is 0 Å². The number of aryl methyl sites for hydroxylation is 2. The highest BCUT2D eigenvalue weighted by Crippen LogP contribution is 2.48. The largest absolute Gasteiger partial charge is 0.144 e. The second-order valence-corrected chi connectivity index (χ2v) is 13.5. The maximum absolute atomic E-state index is 2.52. The molecule has 0 atom stereocenters. The average Bonchev–Trinajstić information content (AvgIpc) is 3.66. The van der Waals surface area contributed by atoms with Gasteiger partial charge in [-0.25, -0.2) is 0 Å². The van der Waals surface area contributed by atoms with Crippen LogP contribution < -0.4 is 0 Å². The van der Waals surface area contributed by atoms with E-state index >= 15 is 0 Å². The zero-order chi connectivity index (χ0) is 27.8. The van der Waals surface area contributed by atoms with Crippen molar-refractivity contribution in [2.24, 2.45) is 0 Å². The maximum Gasteiger partial charge on any atom is 0.0381 e. The molecule has 0 amide bonds. The van der Waals surface area contributed by atoms with Crippen molar-refractivity contribution in [2.75, 3.05) is 0 Å². The molecule has 2 aromatic heterocycles. The third-order valence-corrected chi connectivity index (χ3v) is 10.5. The van der Waals surface area contributed by atoms with Crippen molar-refractivity contribution in [3.05, 3.63) is 70.4 Å². The molecule has 2 aliphatic carbocycles. The van der Waals surface area contributed by atoms with Crippen LogP contribution in [0, 0.1) is 0 Å². The van der Waals surface area contributed by atoms with E-state index in [9.17, 15) is 0 Å². The molecule has 0 N–H and O–H groups in total. The Balaban J connectivity index is 1.42. The first-order valence-corrected chi connectivity index (χ1v) is 18.2. The van der Waals surface area contributed by atoms with Crippen LogP contribution in [0.25, 0.3) is 32.0 Å². The second-order valence-electron chi connectivity index (χ2n) is 11.7. The van der Waals surface area contributed by atoms with Gasteiger partial charge in [0.1, 0.15) is 0 Å². The first kappa shape index (κ1) is 31.0. The molecule has 0 saturated carbocycles. The molecule has 0 fully saturated rings. The highest BCUT2D eigenvalue weighted by molar-refractivity contribution is 7.14. The standard InChI is InChI=1S/C38H52S2/c1-3-5-7-9-11-13-15-18-22-31-26-28-39-37(31)35-30-36(34-25-21-17-20-24-33(34)35)38-32(27-29-40-38)23-19-16-14-12-10-8-6-4-2/h17,20-21,24-30H,3-16,18-19,22-23H2,1-2H3. The summed E-state index contributed by atoms with van der Waals surface area (Å²) in [5, 5.41) is 4.63. The van der Waals surface area contributed by atoms with E-state index in [2.05, 4.69) is 73.1 Å². The summed E-state index contributed by atoms with van der Waals surface area (Å²) in [7, 11) is 0. The van der Waals surface area contributed by atoms with Gasteiger partial charge in [0.05, 0.1) is 0 Å². The fourth-order valence-electron chi connectivity index (χ4n) is 6.13. The summed E-state index contributed by atoms with van der Waals surface area (Å²) in [6, 6.07) is 18.6. The van der Waals surface area contributed by atoms with Crippen LogP contribution >= 0.6 is 22.7 Å². The van der Waals surface area contributed by atoms with Crippen LogP contribution in [-0.4, -0.2) is 0 Å². The molecular formula is C38H52S2. The molecule has 0 saturated heterocycles. The highest BCUT2D eigenvalue weighted by atomic mass is 32.1. The van der Waals surface area contributed by atoms with Gasteiger partial charge in [-0.05, 0) is 76.9 Å². The van der Waals surface area contributed by atoms with Crippen LogP contribution in [-0.2, 0) is 12.8 Å². The molecule has 2 aromatic rings. The quantitative estimate of drug-likeness (QED) is 0.0924. The first-order valence-electron chi connectivity index (χ1n) is 16.5. The molecule has 2 heteroatoms. The lowest BCUT2D eigenvalue weighted by atomic mass is 10.0. The second kappa shape index (κ2) is 17.8. The van der Waals surface area contributed by atoms with Gasteiger partial charge in [-0.1, -0.05) is 134 Å². The molecular weight excluding hydrogens is 521 g/mol. The molecule has 0 aromatic carbocycles. The van der Waals surface area contributed by atoms with Crippen LogP contribution in [0.15, 0.2) is 59.3 Å². The fourth-order valence-corrected chi connectivity index (χ4v) is 8.10. The summed E-state index contributed by atoms with van der Waals surface area (Å²) < 4.78 is 0. The van der Waals surface area contributed by atoms with Gasteiger partial charge in [0.2, 0.25) is 0 Å². The number of rotatable bonds is 20. The maximum atomic E-state index is 2.52. The Labute approximate surface area is 253 Å². The van der Waals surface area contributed by atoms with Gasteiger partial charge < -0.3 is 0 Å². The van der Waals surface area contributed by atoms with Crippen LogP contribution in [0.4, 0.5) is 0 Å². The molecule has 4 rings (SSSR count). The summed E-state index contributed by atoms with van der Waals surface area (Å²) in [6.07, 6.45) is 24.5. The highest BCUT2D eigenvalue weighted by Gasteiger charge is 2.22. The fraction of sp³-hybridized carbons (Fsp3) is 0.526. The number of thiophene rings is 2. The molecule has 0 bridgehead atoms. The van der Waals surface area contributed by atoms with Gasteiger partial charge in [-0.2, -0.15) is 0 Å². The minimum atomic E-state index is 1.21. The van der Waals surface area contributed by atoms with E-state index in [1.54, 1.807) is 11.1 Å². The lowest BCUT2D eigenvalue weighted by Crippen LogP contribution is -1.87. The van der Waals surface area contributed by atoms with Gasteiger partial charge in [0, 0.05) is 20.9 Å². The first-order chi connectivity index (χ1) is 19.8. The van der Waals surface area contributed by atoms with Crippen molar-refractivity contribution >= 4 is 22.7 Å². The minimum Gasteiger partial charge on any atom is -0.144 e. The van der Waals surface area contributed by atoms with Crippen LogP contribution in [0.2, 0.25) is 0 Å². The number of hydrogen-bond donors (Lipinski definition) is 0. The minimum absolute atomic E-state index is 1.21. The van der Waals surface area contributed by atoms with Crippen molar-refractivity contribution in [1.82, 2.24) is 0 Å². The summed E-state index contributed by atoms with van der Waals surface area (Å²) >= 11 is 3.87. The molecule has 2 aliphatic rings. The Hall–Kier alpha value is -1.90. The Kier molecular flexibility index (Phi) is 13.8. The van der Waals surface area contributed by atoms with Gasteiger partial charge in [0.25, 0.3) is 0 Å². The monoisotopic (exact) mass is 572 g/mol. The van der Waals surface area contributed by atoms with Gasteiger partial charge >= 0.3 is 0 Å². The molecule has 0 radical (unpaired) electrons. The summed E-state index contributed by atoms with van der Waals surface area (Å²) in [4.78, 5) is 2.98. The Bertz CT molecular complexity index is 1110. The normalized spacial score (nSPS) is 11.6. The van der Waals surface area contributed by atoms with E-state index in [-0.39, 0.29) is 0 Å². The SMILES string of the molecule is CCCCCCCCCCc1ccsc1-c1cc(-c2sccc2CCCCCCCCCC)c2cccccc1-2. The van der Waals surface area contributed by atoms with E-state index in [0.717, 1.165) is 0 Å². The molecule has 0 aliphatic heterocycles. The summed E-state index contributed by atoms with van der Waals surface area (Å²) in [5.41, 5.74) is 8.80. The zero-order valence-electron chi connectivity index (χ0n) is 25.3. The van der Waals surface area contributed by atoms with Crippen molar-refractivity contribution in [3.8, 4) is 32.0 Å². The predicted octanol–water partition coefficient (Wildman–Crippen LogP) is 13.6. The zero-order valence-corrected chi connectivity index (χ0v) is 27.0. The molecule has 2 heterocycles. The Morgan fingerprint density at radius 3 is 1.25 bits per heavy atom. The van der Waals surface area contributed by atoms with E-state index in [1.165, 1.54) is 148 Å². The molecule has 0 unspecified atom stereocenters. The van der Waals surface area contributed by atoms with Crippen LogP contribution in [0.5, 0.6) is 0 Å². The van der Waals surface area contributed by atoms with Crippen molar-refractivity contribution in [2.45, 2.75) is 129 Å². The lowest BCUT2D eigenvalue weighted by molar-refractivity contribution is 0.576. The third kappa shape index (κ3) is 9.05. The van der Waals surface area contributed by atoms with Crippen LogP contribution in [0.3, 0.4) is 0 Å². The van der Waals surface area contributed by atoms with Gasteiger partial charge in [-0.3, -0.25) is 0 Å². The topological polar surface area (TPSA) is 0 Å². The van der Waals surface area contributed by atoms with Gasteiger partial charge in [-0.15, -0.1) is 22.7 Å². The summed E-state index contributed by atoms with van der Waals surface area (Å²) in [6.45, 7) is 4.60. The number of fused-ring (bicyclic) bond motifs is 1. The smallest absolute Gasteiger partial charge is 0.0381 e. The molecule has 0 spiro atoms.